The van der Waals surface area contributed by atoms with E-state index in [-0.39, 0.29) is 0 Å². The van der Waals surface area contributed by atoms with Crippen LogP contribution in [-0.4, -0.2) is 15.8 Å². The molecule has 1 aromatic heterocycles. The molecule has 3 heteroatoms. The highest BCUT2D eigenvalue weighted by Crippen LogP contribution is 2.29. The van der Waals surface area contributed by atoms with Crippen LogP contribution in [0.3, 0.4) is 0 Å². The molecule has 1 aliphatic carbocycles. The third-order valence-corrected chi connectivity index (χ3v) is 2.91. The summed E-state index contributed by atoms with van der Waals surface area (Å²) in [5.74, 6) is 1.71. The molecular weight excluding hydrogens is 188 g/mol. The van der Waals surface area contributed by atoms with Gasteiger partial charge in [0.25, 0.3) is 0 Å². The summed E-state index contributed by atoms with van der Waals surface area (Å²) >= 11 is 0. The molecule has 0 amide bonds. The fraction of sp³-hybridized carbons (Fsp3) is 0.583. The largest absolute Gasteiger partial charge is 0.300 e. The van der Waals surface area contributed by atoms with Gasteiger partial charge in [-0.2, -0.15) is 0 Å². The van der Waals surface area contributed by atoms with Crippen molar-refractivity contribution in [2.75, 3.05) is 0 Å². The fourth-order valence-electron chi connectivity index (χ4n) is 2.13. The highest BCUT2D eigenvalue weighted by atomic mass is 16.1. The average Bonchev–Trinajstić information content (AvgIpc) is 2.17. The lowest BCUT2D eigenvalue weighted by Crippen LogP contribution is -2.15. The van der Waals surface area contributed by atoms with E-state index >= 15 is 0 Å². The zero-order valence-electron chi connectivity index (χ0n) is 9.29. The first kappa shape index (κ1) is 10.3. The number of carbonyl (C=O) groups excluding carboxylic acids is 1. The third kappa shape index (κ3) is 2.41. The normalized spacial score (nSPS) is 18.1. The van der Waals surface area contributed by atoms with E-state index in [2.05, 4.69) is 9.97 Å². The van der Waals surface area contributed by atoms with E-state index in [0.717, 1.165) is 30.1 Å². The van der Waals surface area contributed by atoms with Crippen molar-refractivity contribution in [2.45, 2.75) is 45.4 Å². The van der Waals surface area contributed by atoms with Gasteiger partial charge in [0.1, 0.15) is 11.6 Å². The molecule has 1 fully saturated rings. The van der Waals surface area contributed by atoms with Crippen LogP contribution < -0.4 is 0 Å². The van der Waals surface area contributed by atoms with E-state index in [1.54, 1.807) is 0 Å². The van der Waals surface area contributed by atoms with Crippen LogP contribution in [0.5, 0.6) is 0 Å². The fourth-order valence-corrected chi connectivity index (χ4v) is 2.13. The van der Waals surface area contributed by atoms with Crippen LogP contribution in [0.2, 0.25) is 0 Å². The lowest BCUT2D eigenvalue weighted by Gasteiger charge is -2.19. The van der Waals surface area contributed by atoms with E-state index in [0.29, 0.717) is 24.5 Å². The minimum atomic E-state index is 0.385. The van der Waals surface area contributed by atoms with Gasteiger partial charge in [0, 0.05) is 30.1 Å². The monoisotopic (exact) mass is 204 g/mol. The van der Waals surface area contributed by atoms with Crippen molar-refractivity contribution in [1.82, 2.24) is 9.97 Å². The Bertz CT molecular complexity index is 357. The van der Waals surface area contributed by atoms with E-state index in [1.165, 1.54) is 0 Å². The first-order valence-corrected chi connectivity index (χ1v) is 5.49. The number of aryl methyl sites for hydroxylation is 2. The van der Waals surface area contributed by atoms with Crippen molar-refractivity contribution in [3.05, 3.63) is 23.3 Å². The maximum atomic E-state index is 11.1. The Hall–Kier alpha value is -1.25. The predicted molar refractivity (Wildman–Crippen MR) is 57.7 cm³/mol. The molecule has 0 unspecified atom stereocenters. The lowest BCUT2D eigenvalue weighted by molar-refractivity contribution is -0.120. The van der Waals surface area contributed by atoms with E-state index in [1.807, 2.05) is 19.9 Å². The molecule has 1 aliphatic rings. The van der Waals surface area contributed by atoms with Gasteiger partial charge in [0.2, 0.25) is 0 Å². The molecule has 80 valence electrons. The van der Waals surface area contributed by atoms with E-state index in [4.69, 9.17) is 0 Å². The quantitative estimate of drug-likeness (QED) is 0.705. The van der Waals surface area contributed by atoms with E-state index < -0.39 is 0 Å². The summed E-state index contributed by atoms with van der Waals surface area (Å²) in [5, 5.41) is 0. The van der Waals surface area contributed by atoms with Gasteiger partial charge in [-0.1, -0.05) is 0 Å². The Morgan fingerprint density at radius 1 is 1.13 bits per heavy atom. The second-order valence-corrected chi connectivity index (χ2v) is 4.32. The number of ketones is 1. The Morgan fingerprint density at radius 3 is 2.20 bits per heavy atom. The van der Waals surface area contributed by atoms with Gasteiger partial charge in [-0.3, -0.25) is 4.79 Å². The van der Waals surface area contributed by atoms with Gasteiger partial charge < -0.3 is 0 Å². The highest BCUT2D eigenvalue weighted by molar-refractivity contribution is 5.79. The molecule has 0 aromatic carbocycles. The summed E-state index contributed by atoms with van der Waals surface area (Å²) in [7, 11) is 0. The third-order valence-electron chi connectivity index (χ3n) is 2.91. The van der Waals surface area contributed by atoms with Crippen molar-refractivity contribution in [3.63, 3.8) is 0 Å². The molecule has 15 heavy (non-hydrogen) atoms. The molecule has 0 saturated heterocycles. The second kappa shape index (κ2) is 4.09. The number of aromatic nitrogens is 2. The van der Waals surface area contributed by atoms with E-state index in [9.17, 15) is 4.79 Å². The van der Waals surface area contributed by atoms with Crippen molar-refractivity contribution >= 4 is 5.78 Å². The Morgan fingerprint density at radius 2 is 1.67 bits per heavy atom. The Balaban J connectivity index is 2.18. The van der Waals surface area contributed by atoms with Gasteiger partial charge in [0.15, 0.2) is 0 Å². The smallest absolute Gasteiger partial charge is 0.132 e. The maximum Gasteiger partial charge on any atom is 0.132 e. The number of hydrogen-bond donors (Lipinski definition) is 0. The highest BCUT2D eigenvalue weighted by Gasteiger charge is 2.22. The molecular formula is C12H16N2O. The standard InChI is InChI=1S/C12H16N2O/c1-8-7-9(2)14-12(13-8)10-3-5-11(15)6-4-10/h7,10H,3-6H2,1-2H3. The Kier molecular flexibility index (Phi) is 2.80. The number of hydrogen-bond acceptors (Lipinski definition) is 3. The molecule has 0 aliphatic heterocycles. The average molecular weight is 204 g/mol. The van der Waals surface area contributed by atoms with Gasteiger partial charge in [-0.15, -0.1) is 0 Å². The number of rotatable bonds is 1. The predicted octanol–water partition coefficient (Wildman–Crippen LogP) is 2.32. The van der Waals surface area contributed by atoms with Crippen molar-refractivity contribution < 1.29 is 4.79 Å². The molecule has 1 heterocycles. The maximum absolute atomic E-state index is 11.1. The number of carbonyl (C=O) groups is 1. The van der Waals surface area contributed by atoms with Crippen LogP contribution in [0.1, 0.15) is 48.8 Å². The zero-order valence-corrected chi connectivity index (χ0v) is 9.29. The van der Waals surface area contributed by atoms with Gasteiger partial charge in [-0.25, -0.2) is 9.97 Å². The summed E-state index contributed by atoms with van der Waals surface area (Å²) in [6, 6.07) is 1.98. The van der Waals surface area contributed by atoms with Crippen LogP contribution in [-0.2, 0) is 4.79 Å². The summed E-state index contributed by atoms with van der Waals surface area (Å²) in [4.78, 5) is 20.1. The first-order chi connectivity index (χ1) is 7.15. The first-order valence-electron chi connectivity index (χ1n) is 5.49. The van der Waals surface area contributed by atoms with Crippen LogP contribution >= 0.6 is 0 Å². The molecule has 3 nitrogen and oxygen atoms in total. The number of nitrogens with zero attached hydrogens (tertiary/aromatic N) is 2. The zero-order chi connectivity index (χ0) is 10.8. The molecule has 0 N–H and O–H groups in total. The molecule has 1 saturated carbocycles. The van der Waals surface area contributed by atoms with Gasteiger partial charge >= 0.3 is 0 Å². The minimum Gasteiger partial charge on any atom is -0.300 e. The van der Waals surface area contributed by atoms with Crippen LogP contribution in [0, 0.1) is 13.8 Å². The van der Waals surface area contributed by atoms with Gasteiger partial charge in [-0.05, 0) is 32.8 Å². The molecule has 0 atom stereocenters. The van der Waals surface area contributed by atoms with Crippen LogP contribution in [0.15, 0.2) is 6.07 Å². The summed E-state index contributed by atoms with van der Waals surface area (Å²) in [6.45, 7) is 3.98. The SMILES string of the molecule is Cc1cc(C)nc(C2CCC(=O)CC2)n1. The number of Topliss-reactive ketones (excluding diaryl/α,β-unsaturated/α-hetero) is 1. The lowest BCUT2D eigenvalue weighted by atomic mass is 9.88. The topological polar surface area (TPSA) is 42.9 Å². The minimum absolute atomic E-state index is 0.385. The summed E-state index contributed by atoms with van der Waals surface area (Å²) in [6.07, 6.45) is 3.23. The van der Waals surface area contributed by atoms with Gasteiger partial charge in [0.05, 0.1) is 0 Å². The van der Waals surface area contributed by atoms with Crippen molar-refractivity contribution in [2.24, 2.45) is 0 Å². The summed E-state index contributed by atoms with van der Waals surface area (Å²) in [5.41, 5.74) is 2.05. The van der Waals surface area contributed by atoms with Crippen molar-refractivity contribution in [3.8, 4) is 0 Å². The molecule has 2 rings (SSSR count). The summed E-state index contributed by atoms with van der Waals surface area (Å²) < 4.78 is 0. The van der Waals surface area contributed by atoms with Crippen molar-refractivity contribution in [1.29, 1.82) is 0 Å². The second-order valence-electron chi connectivity index (χ2n) is 4.32. The molecule has 0 bridgehead atoms. The molecule has 1 aromatic rings. The Labute approximate surface area is 89.9 Å². The van der Waals surface area contributed by atoms with Crippen LogP contribution in [0.4, 0.5) is 0 Å². The molecule has 0 spiro atoms. The molecule has 0 radical (unpaired) electrons. The van der Waals surface area contributed by atoms with Crippen LogP contribution in [0.25, 0.3) is 0 Å².